The van der Waals surface area contributed by atoms with Gasteiger partial charge in [-0.05, 0) is 36.8 Å². The number of amides is 2. The normalized spacial score (nSPS) is 11.9. The fourth-order valence-electron chi connectivity index (χ4n) is 2.52. The number of halogens is 1. The molecular weight excluding hydrogens is 362 g/mol. The number of nitrogens with one attached hydrogen (secondary N) is 1. The van der Waals surface area contributed by atoms with Gasteiger partial charge in [0.05, 0.1) is 4.92 Å². The molecule has 0 saturated carbocycles. The standard InChI is InChI=1S/C17H16ClN3O5/c1-2-20(9-11-3-6-15-16(7-11)26-10-25-15)17(22)19-12-4-5-13(18)14(8-12)21(23)24/h3-8H,2,9-10H2,1H3,(H,19,22). The van der Waals surface area contributed by atoms with Crippen molar-refractivity contribution in [3.8, 4) is 11.5 Å². The number of nitrogens with zero attached hydrogens (tertiary/aromatic N) is 2. The summed E-state index contributed by atoms with van der Waals surface area (Å²) in [6.45, 7) is 2.84. The molecule has 8 nitrogen and oxygen atoms in total. The van der Waals surface area contributed by atoms with Crippen molar-refractivity contribution in [3.05, 3.63) is 57.1 Å². The van der Waals surface area contributed by atoms with Crippen LogP contribution in [0.25, 0.3) is 0 Å². The molecule has 0 saturated heterocycles. The summed E-state index contributed by atoms with van der Waals surface area (Å²) in [5, 5.41) is 13.6. The number of nitro benzene ring substituents is 1. The average molecular weight is 378 g/mol. The SMILES string of the molecule is CCN(Cc1ccc2c(c1)OCO2)C(=O)Nc1ccc(Cl)c([N+](=O)[O-])c1. The summed E-state index contributed by atoms with van der Waals surface area (Å²) in [4.78, 5) is 24.4. The number of fused-ring (bicyclic) bond motifs is 1. The minimum Gasteiger partial charge on any atom is -0.454 e. The Bertz CT molecular complexity index is 858. The van der Waals surface area contributed by atoms with Gasteiger partial charge in [-0.15, -0.1) is 0 Å². The van der Waals surface area contributed by atoms with Gasteiger partial charge in [-0.3, -0.25) is 10.1 Å². The van der Waals surface area contributed by atoms with Crippen molar-refractivity contribution in [2.24, 2.45) is 0 Å². The molecule has 0 atom stereocenters. The van der Waals surface area contributed by atoms with Gasteiger partial charge >= 0.3 is 6.03 Å². The van der Waals surface area contributed by atoms with Crippen molar-refractivity contribution >= 4 is 29.0 Å². The molecule has 26 heavy (non-hydrogen) atoms. The van der Waals surface area contributed by atoms with E-state index in [1.54, 1.807) is 11.0 Å². The molecule has 1 aliphatic heterocycles. The van der Waals surface area contributed by atoms with Gasteiger partial charge in [0.1, 0.15) is 5.02 Å². The second-order valence-corrected chi connectivity index (χ2v) is 5.96. The number of ether oxygens (including phenoxy) is 2. The number of carbonyl (C=O) groups excluding carboxylic acids is 1. The van der Waals surface area contributed by atoms with E-state index >= 15 is 0 Å². The molecule has 1 aliphatic rings. The van der Waals surface area contributed by atoms with Crippen molar-refractivity contribution < 1.29 is 19.2 Å². The Hall–Kier alpha value is -3.00. The van der Waals surface area contributed by atoms with Gasteiger partial charge in [-0.25, -0.2) is 4.79 Å². The third-order valence-electron chi connectivity index (χ3n) is 3.87. The van der Waals surface area contributed by atoms with Crippen LogP contribution in [0.4, 0.5) is 16.2 Å². The lowest BCUT2D eigenvalue weighted by molar-refractivity contribution is -0.384. The highest BCUT2D eigenvalue weighted by Crippen LogP contribution is 2.33. The van der Waals surface area contributed by atoms with E-state index in [2.05, 4.69) is 5.32 Å². The lowest BCUT2D eigenvalue weighted by atomic mass is 10.2. The smallest absolute Gasteiger partial charge is 0.322 e. The Morgan fingerprint density at radius 3 is 2.77 bits per heavy atom. The van der Waals surface area contributed by atoms with Gasteiger partial charge in [-0.1, -0.05) is 17.7 Å². The largest absolute Gasteiger partial charge is 0.454 e. The van der Waals surface area contributed by atoms with E-state index in [1.807, 2.05) is 19.1 Å². The van der Waals surface area contributed by atoms with Crippen LogP contribution in [0.2, 0.25) is 5.02 Å². The Labute approximate surface area is 154 Å². The Morgan fingerprint density at radius 2 is 2.04 bits per heavy atom. The second kappa shape index (κ2) is 7.49. The third kappa shape index (κ3) is 3.80. The van der Waals surface area contributed by atoms with E-state index in [-0.39, 0.29) is 23.5 Å². The first-order chi connectivity index (χ1) is 12.5. The van der Waals surface area contributed by atoms with E-state index in [4.69, 9.17) is 21.1 Å². The maximum Gasteiger partial charge on any atom is 0.322 e. The first kappa shape index (κ1) is 17.8. The molecule has 0 spiro atoms. The number of hydrogen-bond acceptors (Lipinski definition) is 5. The van der Waals surface area contributed by atoms with Crippen LogP contribution in [-0.4, -0.2) is 29.2 Å². The van der Waals surface area contributed by atoms with E-state index in [0.29, 0.717) is 30.3 Å². The summed E-state index contributed by atoms with van der Waals surface area (Å²) in [5.41, 5.74) is 0.923. The van der Waals surface area contributed by atoms with Crippen molar-refractivity contribution in [3.63, 3.8) is 0 Å². The molecule has 2 aromatic rings. The summed E-state index contributed by atoms with van der Waals surface area (Å²) >= 11 is 5.78. The van der Waals surface area contributed by atoms with Crippen molar-refractivity contribution in [1.82, 2.24) is 4.90 Å². The first-order valence-electron chi connectivity index (χ1n) is 7.86. The molecule has 136 valence electrons. The Kier molecular flexibility index (Phi) is 5.13. The average Bonchev–Trinajstić information content (AvgIpc) is 3.08. The van der Waals surface area contributed by atoms with E-state index < -0.39 is 4.92 Å². The first-order valence-corrected chi connectivity index (χ1v) is 8.24. The van der Waals surface area contributed by atoms with Gasteiger partial charge < -0.3 is 19.7 Å². The summed E-state index contributed by atoms with van der Waals surface area (Å²) in [6.07, 6.45) is 0. The van der Waals surface area contributed by atoms with Crippen LogP contribution in [0.5, 0.6) is 11.5 Å². The van der Waals surface area contributed by atoms with Crippen LogP contribution in [0, 0.1) is 10.1 Å². The Balaban J connectivity index is 1.71. The predicted molar refractivity (Wildman–Crippen MR) is 95.8 cm³/mol. The highest BCUT2D eigenvalue weighted by Gasteiger charge is 2.18. The van der Waals surface area contributed by atoms with Crippen molar-refractivity contribution in [2.45, 2.75) is 13.5 Å². The van der Waals surface area contributed by atoms with Gasteiger partial charge in [0.25, 0.3) is 5.69 Å². The molecule has 0 aliphatic carbocycles. The molecule has 0 unspecified atom stereocenters. The topological polar surface area (TPSA) is 93.9 Å². The molecule has 0 bridgehead atoms. The molecule has 9 heteroatoms. The fourth-order valence-corrected chi connectivity index (χ4v) is 2.71. The zero-order valence-electron chi connectivity index (χ0n) is 13.9. The molecule has 1 N–H and O–H groups in total. The van der Waals surface area contributed by atoms with Gasteiger partial charge in [-0.2, -0.15) is 0 Å². The number of benzene rings is 2. The van der Waals surface area contributed by atoms with E-state index in [0.717, 1.165) is 5.56 Å². The summed E-state index contributed by atoms with van der Waals surface area (Å²) in [7, 11) is 0. The lowest BCUT2D eigenvalue weighted by Gasteiger charge is -2.21. The van der Waals surface area contributed by atoms with Crippen LogP contribution < -0.4 is 14.8 Å². The number of anilines is 1. The summed E-state index contributed by atoms with van der Waals surface area (Å²) < 4.78 is 10.6. The molecule has 1 heterocycles. The second-order valence-electron chi connectivity index (χ2n) is 5.56. The molecule has 0 fully saturated rings. The summed E-state index contributed by atoms with van der Waals surface area (Å²) in [6, 6.07) is 9.23. The highest BCUT2D eigenvalue weighted by atomic mass is 35.5. The molecule has 0 radical (unpaired) electrons. The van der Waals surface area contributed by atoms with Crippen LogP contribution in [0.15, 0.2) is 36.4 Å². The molecule has 3 rings (SSSR count). The van der Waals surface area contributed by atoms with Gasteiger partial charge in [0.2, 0.25) is 6.79 Å². The van der Waals surface area contributed by atoms with Crippen LogP contribution in [0.1, 0.15) is 12.5 Å². The molecule has 0 aromatic heterocycles. The number of hydrogen-bond donors (Lipinski definition) is 1. The fraction of sp³-hybridized carbons (Fsp3) is 0.235. The minimum atomic E-state index is -0.595. The minimum absolute atomic E-state index is 0.0145. The van der Waals surface area contributed by atoms with Crippen LogP contribution in [-0.2, 0) is 6.54 Å². The quantitative estimate of drug-likeness (QED) is 0.627. The molecular formula is C17H16ClN3O5. The predicted octanol–water partition coefficient (Wildman–Crippen LogP) is 4.03. The number of nitro groups is 1. The number of urea groups is 1. The van der Waals surface area contributed by atoms with Gasteiger partial charge in [0, 0.05) is 24.8 Å². The maximum absolute atomic E-state index is 12.5. The molecule has 2 amide bonds. The monoisotopic (exact) mass is 377 g/mol. The van der Waals surface area contributed by atoms with Crippen molar-refractivity contribution in [1.29, 1.82) is 0 Å². The summed E-state index contributed by atoms with van der Waals surface area (Å²) in [5.74, 6) is 1.32. The highest BCUT2D eigenvalue weighted by molar-refractivity contribution is 6.32. The van der Waals surface area contributed by atoms with Crippen molar-refractivity contribution in [2.75, 3.05) is 18.7 Å². The molecule has 2 aromatic carbocycles. The lowest BCUT2D eigenvalue weighted by Crippen LogP contribution is -2.34. The van der Waals surface area contributed by atoms with Crippen LogP contribution >= 0.6 is 11.6 Å². The third-order valence-corrected chi connectivity index (χ3v) is 4.19. The zero-order valence-corrected chi connectivity index (χ0v) is 14.7. The number of rotatable bonds is 5. The zero-order chi connectivity index (χ0) is 18.7. The number of carbonyl (C=O) groups is 1. The Morgan fingerprint density at radius 1 is 1.27 bits per heavy atom. The van der Waals surface area contributed by atoms with Crippen LogP contribution in [0.3, 0.4) is 0 Å². The van der Waals surface area contributed by atoms with E-state index in [1.165, 1.54) is 18.2 Å². The van der Waals surface area contributed by atoms with E-state index in [9.17, 15) is 14.9 Å². The van der Waals surface area contributed by atoms with Gasteiger partial charge in [0.15, 0.2) is 11.5 Å². The maximum atomic E-state index is 12.5.